The highest BCUT2D eigenvalue weighted by Gasteiger charge is 2.18. The fourth-order valence-corrected chi connectivity index (χ4v) is 3.03. The summed E-state index contributed by atoms with van der Waals surface area (Å²) in [5.74, 6) is 0.704. The Morgan fingerprint density at radius 2 is 1.70 bits per heavy atom. The van der Waals surface area contributed by atoms with Crippen molar-refractivity contribution in [3.05, 3.63) is 48.0 Å². The third-order valence-electron chi connectivity index (χ3n) is 4.33. The summed E-state index contributed by atoms with van der Waals surface area (Å²) in [6.45, 7) is 1.59. The van der Waals surface area contributed by atoms with Gasteiger partial charge in [0.15, 0.2) is 0 Å². The lowest BCUT2D eigenvalue weighted by Crippen LogP contribution is -2.28. The molecule has 0 amide bonds. The Morgan fingerprint density at radius 3 is 2.50 bits per heavy atom. The predicted octanol–water partition coefficient (Wildman–Crippen LogP) is 3.87. The molecule has 106 valence electrons. The summed E-state index contributed by atoms with van der Waals surface area (Å²) in [7, 11) is 0. The lowest BCUT2D eigenvalue weighted by Gasteiger charge is -2.25. The van der Waals surface area contributed by atoms with Crippen LogP contribution in [0.1, 0.15) is 31.2 Å². The summed E-state index contributed by atoms with van der Waals surface area (Å²) in [6.07, 6.45) is 4.76. The maximum Gasteiger partial charge on any atom is 0.0717 e. The van der Waals surface area contributed by atoms with Gasteiger partial charge < -0.3 is 10.5 Å². The van der Waals surface area contributed by atoms with Crippen LogP contribution in [0, 0.1) is 5.92 Å². The summed E-state index contributed by atoms with van der Waals surface area (Å²) in [5, 5.41) is 2.58. The van der Waals surface area contributed by atoms with Gasteiger partial charge in [0, 0.05) is 12.6 Å². The number of nitrogens with two attached hydrogens (primary N) is 1. The van der Waals surface area contributed by atoms with Gasteiger partial charge >= 0.3 is 0 Å². The van der Waals surface area contributed by atoms with Crippen LogP contribution < -0.4 is 5.73 Å². The van der Waals surface area contributed by atoms with Gasteiger partial charge in [-0.15, -0.1) is 0 Å². The maximum atomic E-state index is 5.93. The first-order valence-corrected chi connectivity index (χ1v) is 7.62. The maximum absolute atomic E-state index is 5.93. The molecular weight excluding hydrogens is 246 g/mol. The van der Waals surface area contributed by atoms with E-state index in [4.69, 9.17) is 10.5 Å². The minimum Gasteiger partial charge on any atom is -0.376 e. The van der Waals surface area contributed by atoms with Crippen LogP contribution in [0.4, 0.5) is 0 Å². The monoisotopic (exact) mass is 269 g/mol. The Bertz CT molecular complexity index is 558. The lowest BCUT2D eigenvalue weighted by molar-refractivity contribution is 0.0719. The second-order valence-corrected chi connectivity index (χ2v) is 5.98. The van der Waals surface area contributed by atoms with Crippen LogP contribution in [-0.2, 0) is 11.3 Å². The molecule has 0 radical (unpaired) electrons. The van der Waals surface area contributed by atoms with E-state index in [2.05, 4.69) is 42.5 Å². The Kier molecular flexibility index (Phi) is 4.34. The second-order valence-electron chi connectivity index (χ2n) is 5.98. The summed E-state index contributed by atoms with van der Waals surface area (Å²) in [6, 6.07) is 15.4. The van der Waals surface area contributed by atoms with Gasteiger partial charge in [-0.25, -0.2) is 0 Å². The van der Waals surface area contributed by atoms with Crippen LogP contribution in [0.25, 0.3) is 10.8 Å². The number of benzene rings is 2. The van der Waals surface area contributed by atoms with Gasteiger partial charge in [-0.05, 0) is 54.0 Å². The molecular formula is C18H23NO. The van der Waals surface area contributed by atoms with Crippen molar-refractivity contribution in [2.24, 2.45) is 11.7 Å². The SMILES string of the molecule is NC1CCC(COCc2ccc3ccccc3c2)CC1. The molecule has 2 N–H and O–H groups in total. The first kappa shape index (κ1) is 13.6. The van der Waals surface area contributed by atoms with E-state index in [9.17, 15) is 0 Å². The lowest BCUT2D eigenvalue weighted by atomic mass is 9.87. The van der Waals surface area contributed by atoms with Gasteiger partial charge in [0.1, 0.15) is 0 Å². The van der Waals surface area contributed by atoms with Crippen molar-refractivity contribution in [3.63, 3.8) is 0 Å². The highest BCUT2D eigenvalue weighted by molar-refractivity contribution is 5.82. The minimum absolute atomic E-state index is 0.423. The van der Waals surface area contributed by atoms with E-state index in [0.29, 0.717) is 18.6 Å². The second kappa shape index (κ2) is 6.38. The predicted molar refractivity (Wildman–Crippen MR) is 83.5 cm³/mol. The highest BCUT2D eigenvalue weighted by atomic mass is 16.5. The van der Waals surface area contributed by atoms with Crippen LogP contribution in [0.5, 0.6) is 0 Å². The van der Waals surface area contributed by atoms with Gasteiger partial charge in [0.25, 0.3) is 0 Å². The van der Waals surface area contributed by atoms with E-state index in [-0.39, 0.29) is 0 Å². The first-order chi connectivity index (χ1) is 9.81. The van der Waals surface area contributed by atoms with Crippen molar-refractivity contribution in [1.29, 1.82) is 0 Å². The van der Waals surface area contributed by atoms with Crippen molar-refractivity contribution < 1.29 is 4.74 Å². The first-order valence-electron chi connectivity index (χ1n) is 7.62. The van der Waals surface area contributed by atoms with E-state index in [1.165, 1.54) is 29.2 Å². The summed E-state index contributed by atoms with van der Waals surface area (Å²) in [4.78, 5) is 0. The fourth-order valence-electron chi connectivity index (χ4n) is 3.03. The molecule has 0 spiro atoms. The van der Waals surface area contributed by atoms with Crippen molar-refractivity contribution in [2.75, 3.05) is 6.61 Å². The standard InChI is InChI=1S/C18H23NO/c19-18-9-6-14(7-10-18)12-20-13-15-5-8-16-3-1-2-4-17(16)11-15/h1-5,8,11,14,18H,6-7,9-10,12-13,19H2. The molecule has 2 heteroatoms. The van der Waals surface area contributed by atoms with Crippen molar-refractivity contribution >= 4 is 10.8 Å². The topological polar surface area (TPSA) is 35.2 Å². The molecule has 1 aliphatic carbocycles. The molecule has 0 heterocycles. The van der Waals surface area contributed by atoms with Crippen LogP contribution in [0.15, 0.2) is 42.5 Å². The molecule has 2 aromatic rings. The zero-order valence-corrected chi connectivity index (χ0v) is 11.9. The Labute approximate surface area is 120 Å². The molecule has 1 aliphatic rings. The molecule has 0 atom stereocenters. The fraction of sp³-hybridized carbons (Fsp3) is 0.444. The van der Waals surface area contributed by atoms with Gasteiger partial charge in [0.05, 0.1) is 6.61 Å². The molecule has 3 rings (SSSR count). The van der Waals surface area contributed by atoms with Gasteiger partial charge in [0.2, 0.25) is 0 Å². The molecule has 0 aliphatic heterocycles. The number of rotatable bonds is 4. The molecule has 0 unspecified atom stereocenters. The smallest absolute Gasteiger partial charge is 0.0717 e. The zero-order valence-electron chi connectivity index (χ0n) is 11.9. The van der Waals surface area contributed by atoms with Gasteiger partial charge in [-0.3, -0.25) is 0 Å². The van der Waals surface area contributed by atoms with Crippen LogP contribution in [0.3, 0.4) is 0 Å². The molecule has 0 saturated heterocycles. The Balaban J connectivity index is 1.52. The largest absolute Gasteiger partial charge is 0.376 e. The van der Waals surface area contributed by atoms with E-state index in [0.717, 1.165) is 19.4 Å². The number of fused-ring (bicyclic) bond motifs is 1. The third-order valence-corrected chi connectivity index (χ3v) is 4.33. The minimum atomic E-state index is 0.423. The zero-order chi connectivity index (χ0) is 13.8. The van der Waals surface area contributed by atoms with Crippen LogP contribution >= 0.6 is 0 Å². The number of hydrogen-bond acceptors (Lipinski definition) is 2. The van der Waals surface area contributed by atoms with E-state index in [1.807, 2.05) is 0 Å². The molecule has 0 bridgehead atoms. The normalized spacial score (nSPS) is 23.1. The molecule has 2 nitrogen and oxygen atoms in total. The van der Waals surface area contributed by atoms with Crippen molar-refractivity contribution in [1.82, 2.24) is 0 Å². The third kappa shape index (κ3) is 3.38. The Hall–Kier alpha value is -1.38. The summed E-state index contributed by atoms with van der Waals surface area (Å²) in [5.41, 5.74) is 7.19. The van der Waals surface area contributed by atoms with Crippen molar-refractivity contribution in [2.45, 2.75) is 38.3 Å². The molecule has 20 heavy (non-hydrogen) atoms. The van der Waals surface area contributed by atoms with Gasteiger partial charge in [-0.2, -0.15) is 0 Å². The number of hydrogen-bond donors (Lipinski definition) is 1. The van der Waals surface area contributed by atoms with E-state index < -0.39 is 0 Å². The number of ether oxygens (including phenoxy) is 1. The quantitative estimate of drug-likeness (QED) is 0.914. The van der Waals surface area contributed by atoms with E-state index in [1.54, 1.807) is 0 Å². The van der Waals surface area contributed by atoms with Gasteiger partial charge in [-0.1, -0.05) is 36.4 Å². The average Bonchev–Trinajstić information content (AvgIpc) is 2.49. The van der Waals surface area contributed by atoms with Crippen LogP contribution in [-0.4, -0.2) is 12.6 Å². The molecule has 1 saturated carbocycles. The Morgan fingerprint density at radius 1 is 0.950 bits per heavy atom. The molecule has 2 aromatic carbocycles. The van der Waals surface area contributed by atoms with Crippen LogP contribution in [0.2, 0.25) is 0 Å². The molecule has 1 fully saturated rings. The summed E-state index contributed by atoms with van der Waals surface area (Å²) >= 11 is 0. The highest BCUT2D eigenvalue weighted by Crippen LogP contribution is 2.24. The summed E-state index contributed by atoms with van der Waals surface area (Å²) < 4.78 is 5.90. The average molecular weight is 269 g/mol. The molecule has 0 aromatic heterocycles. The van der Waals surface area contributed by atoms with Crippen molar-refractivity contribution in [3.8, 4) is 0 Å². The van der Waals surface area contributed by atoms with E-state index >= 15 is 0 Å².